The molecule has 1 nitrogen and oxygen atoms in total. The second-order valence-corrected chi connectivity index (χ2v) is 5.18. The van der Waals surface area contributed by atoms with E-state index < -0.39 is 0 Å². The minimum atomic E-state index is 0.275. The highest BCUT2D eigenvalue weighted by atomic mass is 14.6. The molecule has 1 fully saturated rings. The Labute approximate surface area is 92.7 Å². The summed E-state index contributed by atoms with van der Waals surface area (Å²) in [7, 11) is 0. The molecule has 1 aromatic rings. The third-order valence-electron chi connectivity index (χ3n) is 4.13. The summed E-state index contributed by atoms with van der Waals surface area (Å²) in [4.78, 5) is 0. The first-order valence-electron chi connectivity index (χ1n) is 5.87. The fourth-order valence-corrected chi connectivity index (χ4v) is 2.89. The van der Waals surface area contributed by atoms with Gasteiger partial charge in [0.15, 0.2) is 0 Å². The average Bonchev–Trinajstić information content (AvgIpc) is 2.16. The van der Waals surface area contributed by atoms with Crippen molar-refractivity contribution in [1.82, 2.24) is 0 Å². The maximum Gasteiger partial charge on any atom is 0.0101 e. The van der Waals surface area contributed by atoms with Gasteiger partial charge in [0, 0.05) is 12.0 Å². The van der Waals surface area contributed by atoms with Crippen molar-refractivity contribution in [3.8, 4) is 0 Å². The van der Waals surface area contributed by atoms with Crippen LogP contribution in [0.25, 0.3) is 0 Å². The zero-order chi connectivity index (χ0) is 11.1. The molecule has 82 valence electrons. The van der Waals surface area contributed by atoms with Crippen LogP contribution < -0.4 is 5.73 Å². The molecule has 1 aliphatic carbocycles. The number of hydrogen-bond acceptors (Lipinski definition) is 1. The first-order valence-corrected chi connectivity index (χ1v) is 5.87. The molecule has 0 saturated heterocycles. The minimum absolute atomic E-state index is 0.275. The predicted molar refractivity (Wildman–Crippen MR) is 65.0 cm³/mol. The largest absolute Gasteiger partial charge is 0.330 e. The molecule has 2 atom stereocenters. The highest BCUT2D eigenvalue weighted by Gasteiger charge is 2.44. The van der Waals surface area contributed by atoms with Crippen LogP contribution in [-0.2, 0) is 5.41 Å². The van der Waals surface area contributed by atoms with Crippen LogP contribution in [0.1, 0.15) is 36.5 Å². The summed E-state index contributed by atoms with van der Waals surface area (Å²) in [5, 5.41) is 0. The lowest BCUT2D eigenvalue weighted by Gasteiger charge is -2.48. The Hall–Kier alpha value is -0.820. The van der Waals surface area contributed by atoms with Gasteiger partial charge >= 0.3 is 0 Å². The van der Waals surface area contributed by atoms with Crippen molar-refractivity contribution in [3.05, 3.63) is 34.9 Å². The van der Waals surface area contributed by atoms with Crippen molar-refractivity contribution < 1.29 is 0 Å². The second kappa shape index (κ2) is 3.64. The summed E-state index contributed by atoms with van der Waals surface area (Å²) in [6.45, 7) is 7.46. The Bertz CT molecular complexity index is 345. The third kappa shape index (κ3) is 1.59. The monoisotopic (exact) mass is 203 g/mol. The molecule has 1 aliphatic rings. The molecule has 0 radical (unpaired) electrons. The normalized spacial score (nSPS) is 30.0. The fourth-order valence-electron chi connectivity index (χ4n) is 2.89. The molecule has 0 amide bonds. The van der Waals surface area contributed by atoms with Crippen molar-refractivity contribution in [1.29, 1.82) is 0 Å². The van der Waals surface area contributed by atoms with E-state index in [9.17, 15) is 0 Å². The highest BCUT2D eigenvalue weighted by molar-refractivity contribution is 5.36. The van der Waals surface area contributed by atoms with Crippen LogP contribution >= 0.6 is 0 Å². The molecular weight excluding hydrogens is 182 g/mol. The maximum atomic E-state index is 5.99. The van der Waals surface area contributed by atoms with Gasteiger partial charge in [-0.3, -0.25) is 0 Å². The van der Waals surface area contributed by atoms with Crippen molar-refractivity contribution >= 4 is 0 Å². The molecule has 1 saturated carbocycles. The number of benzene rings is 1. The van der Waals surface area contributed by atoms with Gasteiger partial charge in [-0.2, -0.15) is 0 Å². The first kappa shape index (κ1) is 10.7. The Morgan fingerprint density at radius 1 is 1.27 bits per heavy atom. The van der Waals surface area contributed by atoms with Crippen LogP contribution in [-0.4, -0.2) is 6.54 Å². The van der Waals surface area contributed by atoms with E-state index in [1.54, 1.807) is 0 Å². The van der Waals surface area contributed by atoms with E-state index in [0.717, 1.165) is 12.5 Å². The zero-order valence-corrected chi connectivity index (χ0v) is 10.0. The van der Waals surface area contributed by atoms with Gasteiger partial charge in [0.2, 0.25) is 0 Å². The van der Waals surface area contributed by atoms with Crippen molar-refractivity contribution in [2.24, 2.45) is 11.7 Å². The molecule has 15 heavy (non-hydrogen) atoms. The lowest BCUT2D eigenvalue weighted by atomic mass is 9.57. The number of rotatable bonds is 2. The standard InChI is InChI=1S/C14H21N/c1-10-6-11(2)8-13(7-10)14(9-15)5-4-12(14)3/h6-8,12H,4-5,9,15H2,1-3H3. The molecule has 1 heteroatoms. The van der Waals surface area contributed by atoms with Crippen molar-refractivity contribution in [2.45, 2.75) is 39.0 Å². The van der Waals surface area contributed by atoms with Crippen LogP contribution in [0.3, 0.4) is 0 Å². The Morgan fingerprint density at radius 3 is 2.20 bits per heavy atom. The van der Waals surface area contributed by atoms with Gasteiger partial charge in [0.25, 0.3) is 0 Å². The van der Waals surface area contributed by atoms with E-state index in [1.165, 1.54) is 29.5 Å². The maximum absolute atomic E-state index is 5.99. The number of aryl methyl sites for hydroxylation is 2. The summed E-state index contributed by atoms with van der Waals surface area (Å²) in [6.07, 6.45) is 2.58. The molecule has 0 spiro atoms. The predicted octanol–water partition coefficient (Wildman–Crippen LogP) is 2.93. The van der Waals surface area contributed by atoms with E-state index in [0.29, 0.717) is 0 Å². The van der Waals surface area contributed by atoms with Gasteiger partial charge in [0.1, 0.15) is 0 Å². The molecule has 0 heterocycles. The Morgan fingerprint density at radius 2 is 1.87 bits per heavy atom. The summed E-state index contributed by atoms with van der Waals surface area (Å²) in [5.41, 5.74) is 10.4. The lowest BCUT2D eigenvalue weighted by molar-refractivity contribution is 0.146. The van der Waals surface area contributed by atoms with Gasteiger partial charge in [0.05, 0.1) is 0 Å². The Balaban J connectivity index is 2.43. The molecule has 0 bridgehead atoms. The van der Waals surface area contributed by atoms with Gasteiger partial charge in [-0.1, -0.05) is 36.2 Å². The molecule has 2 N–H and O–H groups in total. The zero-order valence-electron chi connectivity index (χ0n) is 10.0. The second-order valence-electron chi connectivity index (χ2n) is 5.18. The molecule has 2 unspecified atom stereocenters. The SMILES string of the molecule is Cc1cc(C)cc(C2(CN)CCC2C)c1. The quantitative estimate of drug-likeness (QED) is 0.785. The first-order chi connectivity index (χ1) is 7.08. The van der Waals surface area contributed by atoms with Gasteiger partial charge in [-0.25, -0.2) is 0 Å². The van der Waals surface area contributed by atoms with Gasteiger partial charge < -0.3 is 5.73 Å². The van der Waals surface area contributed by atoms with Crippen molar-refractivity contribution in [3.63, 3.8) is 0 Å². The average molecular weight is 203 g/mol. The fraction of sp³-hybridized carbons (Fsp3) is 0.571. The van der Waals surface area contributed by atoms with E-state index in [4.69, 9.17) is 5.73 Å². The summed E-state index contributed by atoms with van der Waals surface area (Å²) in [5.74, 6) is 0.740. The van der Waals surface area contributed by atoms with Crippen LogP contribution in [0.2, 0.25) is 0 Å². The lowest BCUT2D eigenvalue weighted by Crippen LogP contribution is -2.48. The minimum Gasteiger partial charge on any atom is -0.330 e. The van der Waals surface area contributed by atoms with Crippen LogP contribution in [0, 0.1) is 19.8 Å². The highest BCUT2D eigenvalue weighted by Crippen LogP contribution is 2.48. The summed E-state index contributed by atoms with van der Waals surface area (Å²) < 4.78 is 0. The molecular formula is C14H21N. The molecule has 1 aromatic carbocycles. The number of hydrogen-bond donors (Lipinski definition) is 1. The number of nitrogens with two attached hydrogens (primary N) is 1. The topological polar surface area (TPSA) is 26.0 Å². The van der Waals surface area contributed by atoms with Crippen LogP contribution in [0.5, 0.6) is 0 Å². The molecule has 0 aromatic heterocycles. The molecule has 2 rings (SSSR count). The van der Waals surface area contributed by atoms with E-state index in [1.807, 2.05) is 0 Å². The molecule has 0 aliphatic heterocycles. The van der Waals surface area contributed by atoms with Crippen molar-refractivity contribution in [2.75, 3.05) is 6.54 Å². The summed E-state index contributed by atoms with van der Waals surface area (Å²) in [6, 6.07) is 6.86. The smallest absolute Gasteiger partial charge is 0.0101 e. The van der Waals surface area contributed by atoms with Crippen LogP contribution in [0.15, 0.2) is 18.2 Å². The van der Waals surface area contributed by atoms with Gasteiger partial charge in [-0.05, 0) is 38.2 Å². The van der Waals surface area contributed by atoms with Crippen LogP contribution in [0.4, 0.5) is 0 Å². The Kier molecular flexibility index (Phi) is 2.59. The van der Waals surface area contributed by atoms with Gasteiger partial charge in [-0.15, -0.1) is 0 Å². The van der Waals surface area contributed by atoms with E-state index in [-0.39, 0.29) is 5.41 Å². The van der Waals surface area contributed by atoms with E-state index in [2.05, 4.69) is 39.0 Å². The van der Waals surface area contributed by atoms with E-state index >= 15 is 0 Å². The summed E-state index contributed by atoms with van der Waals surface area (Å²) >= 11 is 0. The third-order valence-corrected chi connectivity index (χ3v) is 4.13.